The molecular weight excluding hydrogens is 186 g/mol. The van der Waals surface area contributed by atoms with Crippen LogP contribution in [0.4, 0.5) is 0 Å². The highest BCUT2D eigenvalue weighted by molar-refractivity contribution is 5.84. The van der Waals surface area contributed by atoms with Crippen LogP contribution in [0.25, 0.3) is 10.9 Å². The number of rotatable bonds is 1. The molecule has 0 unspecified atom stereocenters. The van der Waals surface area contributed by atoms with Gasteiger partial charge in [-0.15, -0.1) is 0 Å². The Morgan fingerprint density at radius 2 is 1.87 bits per heavy atom. The fourth-order valence-electron chi connectivity index (χ4n) is 1.77. The van der Waals surface area contributed by atoms with E-state index in [9.17, 15) is 0 Å². The first kappa shape index (κ1) is 9.97. The number of aromatic nitrogens is 1. The Morgan fingerprint density at radius 3 is 2.53 bits per heavy atom. The predicted octanol–water partition coefficient (Wildman–Crippen LogP) is 3.33. The molecule has 1 aromatic carbocycles. The van der Waals surface area contributed by atoms with Crippen LogP contribution < -0.4 is 4.74 Å². The van der Waals surface area contributed by atoms with Gasteiger partial charge in [-0.2, -0.15) is 0 Å². The van der Waals surface area contributed by atoms with Gasteiger partial charge in [0.25, 0.3) is 0 Å². The van der Waals surface area contributed by atoms with E-state index in [1.165, 1.54) is 22.1 Å². The van der Waals surface area contributed by atoms with E-state index < -0.39 is 0 Å². The normalized spacial score (nSPS) is 10.7. The smallest absolute Gasteiger partial charge is 0.213 e. The number of benzene rings is 1. The van der Waals surface area contributed by atoms with Crippen molar-refractivity contribution in [3.8, 4) is 5.88 Å². The van der Waals surface area contributed by atoms with Gasteiger partial charge in [0.2, 0.25) is 5.88 Å². The topological polar surface area (TPSA) is 22.1 Å². The predicted molar refractivity (Wildman–Crippen MR) is 61.9 cm³/mol. The summed E-state index contributed by atoms with van der Waals surface area (Å²) < 4.78 is 4.87. The highest BCUT2D eigenvalue weighted by atomic mass is 16.5. The number of pyridine rings is 1. The van der Waals surface area contributed by atoms with Crippen LogP contribution in [0.5, 0.6) is 5.88 Å². The molecule has 0 saturated carbocycles. The number of ether oxygens (including phenoxy) is 1. The maximum Gasteiger partial charge on any atom is 0.213 e. The Balaban J connectivity index is 2.80. The SMILES string of the molecule is [CH2]Oc1ccc2c(C)c(C)c(C)cc2n1. The monoisotopic (exact) mass is 200 g/mol. The highest BCUT2D eigenvalue weighted by Gasteiger charge is 2.05. The molecule has 0 N–H and O–H groups in total. The first-order chi connectivity index (χ1) is 7.13. The zero-order valence-corrected chi connectivity index (χ0v) is 9.29. The summed E-state index contributed by atoms with van der Waals surface area (Å²) in [5, 5.41) is 1.18. The van der Waals surface area contributed by atoms with E-state index in [1.54, 1.807) is 0 Å². The van der Waals surface area contributed by atoms with Crippen molar-refractivity contribution in [2.45, 2.75) is 20.8 Å². The van der Waals surface area contributed by atoms with E-state index in [2.05, 4.69) is 38.9 Å². The molecule has 1 heterocycles. The summed E-state index contributed by atoms with van der Waals surface area (Å²) in [4.78, 5) is 4.37. The fourth-order valence-corrected chi connectivity index (χ4v) is 1.77. The Hall–Kier alpha value is -1.57. The van der Waals surface area contributed by atoms with Crippen molar-refractivity contribution in [2.24, 2.45) is 0 Å². The second-order valence-electron chi connectivity index (χ2n) is 3.80. The number of aryl methyl sites for hydroxylation is 2. The summed E-state index contributed by atoms with van der Waals surface area (Å²) in [6, 6.07) is 5.96. The Morgan fingerprint density at radius 1 is 1.13 bits per heavy atom. The molecule has 1 radical (unpaired) electrons. The summed E-state index contributed by atoms with van der Waals surface area (Å²) in [6.45, 7) is 6.36. The van der Waals surface area contributed by atoms with Crippen LogP contribution in [0.2, 0.25) is 0 Å². The van der Waals surface area contributed by atoms with Gasteiger partial charge in [0, 0.05) is 11.5 Å². The largest absolute Gasteiger partial charge is 0.474 e. The molecule has 0 fully saturated rings. The Kier molecular flexibility index (Phi) is 2.35. The molecule has 0 atom stereocenters. The number of fused-ring (bicyclic) bond motifs is 1. The van der Waals surface area contributed by atoms with Gasteiger partial charge < -0.3 is 4.74 Å². The quantitative estimate of drug-likeness (QED) is 0.704. The number of hydrogen-bond donors (Lipinski definition) is 0. The molecule has 0 spiro atoms. The van der Waals surface area contributed by atoms with Gasteiger partial charge >= 0.3 is 0 Å². The lowest BCUT2D eigenvalue weighted by Crippen LogP contribution is -1.92. The molecule has 0 bridgehead atoms. The van der Waals surface area contributed by atoms with Crippen molar-refractivity contribution in [3.63, 3.8) is 0 Å². The molecule has 15 heavy (non-hydrogen) atoms. The summed E-state index contributed by atoms with van der Waals surface area (Å²) in [7, 11) is 3.36. The van der Waals surface area contributed by atoms with Crippen LogP contribution >= 0.6 is 0 Å². The van der Waals surface area contributed by atoms with Gasteiger partial charge in [0.05, 0.1) is 5.52 Å². The minimum absolute atomic E-state index is 0.560. The van der Waals surface area contributed by atoms with Crippen LogP contribution in [0.3, 0.4) is 0 Å². The average Bonchev–Trinajstić information content (AvgIpc) is 2.25. The molecule has 1 aromatic heterocycles. The van der Waals surface area contributed by atoms with Gasteiger partial charge in [0.1, 0.15) is 7.11 Å². The molecule has 0 amide bonds. The second kappa shape index (κ2) is 3.54. The summed E-state index contributed by atoms with van der Waals surface area (Å²) in [6.07, 6.45) is 0. The maximum absolute atomic E-state index is 4.87. The van der Waals surface area contributed by atoms with Crippen LogP contribution in [0, 0.1) is 27.9 Å². The van der Waals surface area contributed by atoms with Gasteiger partial charge in [-0.3, -0.25) is 0 Å². The zero-order chi connectivity index (χ0) is 11.0. The van der Waals surface area contributed by atoms with Crippen molar-refractivity contribution in [2.75, 3.05) is 0 Å². The van der Waals surface area contributed by atoms with E-state index in [-0.39, 0.29) is 0 Å². The molecule has 0 aliphatic rings. The third-order valence-corrected chi connectivity index (χ3v) is 2.96. The van der Waals surface area contributed by atoms with E-state index >= 15 is 0 Å². The lowest BCUT2D eigenvalue weighted by Gasteiger charge is -2.09. The number of nitrogens with zero attached hydrogens (tertiary/aromatic N) is 1. The third kappa shape index (κ3) is 1.56. The molecule has 2 heteroatoms. The van der Waals surface area contributed by atoms with Crippen LogP contribution in [-0.2, 0) is 0 Å². The Labute approximate surface area is 89.9 Å². The van der Waals surface area contributed by atoms with Gasteiger partial charge in [-0.05, 0) is 49.6 Å². The molecule has 0 aliphatic carbocycles. The highest BCUT2D eigenvalue weighted by Crippen LogP contribution is 2.25. The Bertz CT molecular complexity index is 517. The van der Waals surface area contributed by atoms with Crippen molar-refractivity contribution in [3.05, 3.63) is 42.0 Å². The molecule has 0 saturated heterocycles. The minimum atomic E-state index is 0.560. The average molecular weight is 200 g/mol. The molecular formula is C13H14NO. The summed E-state index contributed by atoms with van der Waals surface area (Å²) in [5.41, 5.74) is 4.84. The molecule has 0 aliphatic heterocycles. The van der Waals surface area contributed by atoms with Gasteiger partial charge in [-0.1, -0.05) is 0 Å². The second-order valence-corrected chi connectivity index (χ2v) is 3.80. The van der Waals surface area contributed by atoms with Crippen LogP contribution in [-0.4, -0.2) is 4.98 Å². The van der Waals surface area contributed by atoms with Crippen molar-refractivity contribution < 1.29 is 4.74 Å². The first-order valence-electron chi connectivity index (χ1n) is 4.93. The molecule has 2 rings (SSSR count). The van der Waals surface area contributed by atoms with Crippen LogP contribution in [0.15, 0.2) is 18.2 Å². The van der Waals surface area contributed by atoms with E-state index in [1.807, 2.05) is 12.1 Å². The standard InChI is InChI=1S/C13H14NO/c1-8-7-12-11(10(3)9(8)2)5-6-13(14-12)15-4/h5-7H,4H2,1-3H3. The summed E-state index contributed by atoms with van der Waals surface area (Å²) in [5.74, 6) is 0.560. The lowest BCUT2D eigenvalue weighted by molar-refractivity contribution is 0.455. The van der Waals surface area contributed by atoms with E-state index in [0.717, 1.165) is 5.52 Å². The van der Waals surface area contributed by atoms with Crippen molar-refractivity contribution in [1.82, 2.24) is 4.98 Å². The lowest BCUT2D eigenvalue weighted by atomic mass is 9.99. The minimum Gasteiger partial charge on any atom is -0.474 e. The van der Waals surface area contributed by atoms with E-state index in [0.29, 0.717) is 5.88 Å². The zero-order valence-electron chi connectivity index (χ0n) is 9.29. The van der Waals surface area contributed by atoms with Gasteiger partial charge in [0.15, 0.2) is 0 Å². The maximum atomic E-state index is 4.87. The van der Waals surface area contributed by atoms with Crippen LogP contribution in [0.1, 0.15) is 16.7 Å². The summed E-state index contributed by atoms with van der Waals surface area (Å²) >= 11 is 0. The molecule has 2 nitrogen and oxygen atoms in total. The van der Waals surface area contributed by atoms with E-state index in [4.69, 9.17) is 4.74 Å². The number of hydrogen-bond acceptors (Lipinski definition) is 2. The fraction of sp³-hybridized carbons (Fsp3) is 0.231. The molecule has 77 valence electrons. The first-order valence-corrected chi connectivity index (χ1v) is 4.93. The third-order valence-electron chi connectivity index (χ3n) is 2.96. The molecule has 2 aromatic rings. The van der Waals surface area contributed by atoms with Gasteiger partial charge in [-0.25, -0.2) is 4.98 Å². The van der Waals surface area contributed by atoms with Crippen molar-refractivity contribution >= 4 is 10.9 Å². The van der Waals surface area contributed by atoms with Crippen molar-refractivity contribution in [1.29, 1.82) is 0 Å².